The van der Waals surface area contributed by atoms with Crippen molar-refractivity contribution in [3.8, 4) is 22.0 Å². The molecule has 2 aromatic heterocycles. The van der Waals surface area contributed by atoms with Gasteiger partial charge in [-0.1, -0.05) is 12.1 Å². The van der Waals surface area contributed by atoms with E-state index >= 15 is 0 Å². The number of oxazole rings is 1. The van der Waals surface area contributed by atoms with Gasteiger partial charge in [0.25, 0.3) is 0 Å². The molecule has 0 radical (unpaired) electrons. The minimum Gasteiger partial charge on any atom is -0.436 e. The Morgan fingerprint density at radius 2 is 1.25 bits per heavy atom. The molecule has 0 amide bonds. The zero-order valence-electron chi connectivity index (χ0n) is 15.8. The Bertz CT molecular complexity index is 1340. The summed E-state index contributed by atoms with van der Waals surface area (Å²) in [6.07, 6.45) is -8.92. The van der Waals surface area contributed by atoms with E-state index < -0.39 is 23.5 Å². The van der Waals surface area contributed by atoms with Gasteiger partial charge in [-0.3, -0.25) is 0 Å². The monoisotopic (exact) mass is 464 g/mol. The molecule has 0 aliphatic rings. The van der Waals surface area contributed by atoms with Crippen LogP contribution in [0.1, 0.15) is 11.1 Å². The van der Waals surface area contributed by atoms with Crippen LogP contribution in [0.2, 0.25) is 0 Å². The zero-order valence-corrected chi connectivity index (χ0v) is 16.6. The molecule has 0 fully saturated rings. The molecule has 0 atom stereocenters. The molecule has 3 aromatic carbocycles. The van der Waals surface area contributed by atoms with Gasteiger partial charge in [0.1, 0.15) is 10.5 Å². The number of halogens is 6. The lowest BCUT2D eigenvalue weighted by Gasteiger charge is -2.04. The largest absolute Gasteiger partial charge is 0.436 e. The van der Waals surface area contributed by atoms with Crippen molar-refractivity contribution in [2.75, 3.05) is 0 Å². The normalized spacial score (nSPS) is 12.7. The predicted octanol–water partition coefficient (Wildman–Crippen LogP) is 7.81. The first-order chi connectivity index (χ1) is 15.1. The van der Waals surface area contributed by atoms with Gasteiger partial charge in [0.2, 0.25) is 5.89 Å². The van der Waals surface area contributed by atoms with E-state index in [9.17, 15) is 26.3 Å². The smallest absolute Gasteiger partial charge is 0.416 e. The molecule has 0 N–H and O–H groups in total. The molecule has 10 heteroatoms. The highest BCUT2D eigenvalue weighted by Gasteiger charge is 2.31. The molecule has 0 saturated carbocycles. The first-order valence-corrected chi connectivity index (χ1v) is 9.96. The van der Waals surface area contributed by atoms with Crippen LogP contribution < -0.4 is 0 Å². The zero-order chi connectivity index (χ0) is 22.7. The number of nitrogens with zero attached hydrogens (tertiary/aromatic N) is 2. The quantitative estimate of drug-likeness (QED) is 0.250. The summed E-state index contributed by atoms with van der Waals surface area (Å²) >= 11 is 1.13. The SMILES string of the molecule is FC(F)(F)c1ccc2nc(-c3ccc(-c4nc5ccc(C(F)(F)F)cc5s4)cc3)oc2c1. The van der Waals surface area contributed by atoms with Gasteiger partial charge in [0.05, 0.1) is 21.3 Å². The van der Waals surface area contributed by atoms with Gasteiger partial charge >= 0.3 is 12.4 Å². The number of rotatable bonds is 2. The van der Waals surface area contributed by atoms with E-state index in [0.29, 0.717) is 31.9 Å². The molecule has 0 aliphatic heterocycles. The van der Waals surface area contributed by atoms with E-state index in [1.165, 1.54) is 12.1 Å². The lowest BCUT2D eigenvalue weighted by Crippen LogP contribution is -2.03. The van der Waals surface area contributed by atoms with Crippen LogP contribution in [0.3, 0.4) is 0 Å². The van der Waals surface area contributed by atoms with Gasteiger partial charge < -0.3 is 4.42 Å². The second-order valence-corrected chi connectivity index (χ2v) is 8.01. The van der Waals surface area contributed by atoms with E-state index in [2.05, 4.69) is 9.97 Å². The second-order valence-electron chi connectivity index (χ2n) is 6.98. The molecule has 0 aliphatic carbocycles. The van der Waals surface area contributed by atoms with Crippen molar-refractivity contribution in [3.05, 3.63) is 71.8 Å². The fourth-order valence-electron chi connectivity index (χ4n) is 3.20. The maximum absolute atomic E-state index is 12.9. The number of benzene rings is 3. The fraction of sp³-hybridized carbons (Fsp3) is 0.0909. The fourth-order valence-corrected chi connectivity index (χ4v) is 4.21. The van der Waals surface area contributed by atoms with E-state index in [1.54, 1.807) is 24.3 Å². The van der Waals surface area contributed by atoms with Crippen LogP contribution in [-0.4, -0.2) is 9.97 Å². The molecule has 0 unspecified atom stereocenters. The maximum atomic E-state index is 12.9. The summed E-state index contributed by atoms with van der Waals surface area (Å²) in [6, 6.07) is 13.2. The van der Waals surface area contributed by atoms with E-state index in [-0.39, 0.29) is 11.5 Å². The molecular formula is C22H10F6N2OS. The Balaban J connectivity index is 1.46. The van der Waals surface area contributed by atoms with Gasteiger partial charge in [-0.2, -0.15) is 26.3 Å². The summed E-state index contributed by atoms with van der Waals surface area (Å²) < 4.78 is 83.3. The van der Waals surface area contributed by atoms with Crippen molar-refractivity contribution >= 4 is 32.7 Å². The summed E-state index contributed by atoms with van der Waals surface area (Å²) in [7, 11) is 0. The van der Waals surface area contributed by atoms with E-state index in [0.717, 1.165) is 35.6 Å². The molecule has 5 aromatic rings. The predicted molar refractivity (Wildman–Crippen MR) is 108 cm³/mol. The molecule has 0 bridgehead atoms. The molecule has 5 rings (SSSR count). The van der Waals surface area contributed by atoms with Gasteiger partial charge in [0.15, 0.2) is 5.58 Å². The van der Waals surface area contributed by atoms with Crippen molar-refractivity contribution in [1.82, 2.24) is 9.97 Å². The summed E-state index contributed by atoms with van der Waals surface area (Å²) in [4.78, 5) is 8.60. The summed E-state index contributed by atoms with van der Waals surface area (Å²) in [6.45, 7) is 0. The lowest BCUT2D eigenvalue weighted by molar-refractivity contribution is -0.138. The van der Waals surface area contributed by atoms with Gasteiger partial charge in [-0.15, -0.1) is 11.3 Å². The molecule has 162 valence electrons. The number of thiazole rings is 1. The van der Waals surface area contributed by atoms with Crippen LogP contribution in [0.4, 0.5) is 26.3 Å². The van der Waals surface area contributed by atoms with E-state index in [1.807, 2.05) is 0 Å². The number of aromatic nitrogens is 2. The third kappa shape index (κ3) is 3.70. The van der Waals surface area contributed by atoms with Crippen molar-refractivity contribution < 1.29 is 30.8 Å². The second kappa shape index (κ2) is 7.06. The number of alkyl halides is 6. The van der Waals surface area contributed by atoms with Crippen molar-refractivity contribution in [1.29, 1.82) is 0 Å². The van der Waals surface area contributed by atoms with Crippen molar-refractivity contribution in [3.63, 3.8) is 0 Å². The molecule has 0 saturated heterocycles. The van der Waals surface area contributed by atoms with E-state index in [4.69, 9.17) is 4.42 Å². The third-order valence-corrected chi connectivity index (χ3v) is 5.88. The average molecular weight is 464 g/mol. The van der Waals surface area contributed by atoms with Crippen LogP contribution >= 0.6 is 11.3 Å². The van der Waals surface area contributed by atoms with Crippen molar-refractivity contribution in [2.45, 2.75) is 12.4 Å². The highest BCUT2D eigenvalue weighted by Crippen LogP contribution is 2.37. The Hall–Kier alpha value is -3.40. The van der Waals surface area contributed by atoms with Gasteiger partial charge in [0, 0.05) is 11.1 Å². The van der Waals surface area contributed by atoms with Crippen LogP contribution in [0.15, 0.2) is 65.1 Å². The standard InChI is InChI=1S/C22H10F6N2OS/c23-21(24,25)13-5-7-15-17(9-13)31-19(29-15)11-1-3-12(4-2-11)20-30-16-8-6-14(22(26,27)28)10-18(16)32-20/h1-10H. The minimum atomic E-state index is -4.49. The first kappa shape index (κ1) is 20.5. The Labute approximate surface area is 180 Å². The highest BCUT2D eigenvalue weighted by atomic mass is 32.1. The summed E-state index contributed by atoms with van der Waals surface area (Å²) in [5, 5.41) is 0.540. The third-order valence-electron chi connectivity index (χ3n) is 4.81. The highest BCUT2D eigenvalue weighted by molar-refractivity contribution is 7.21. The molecule has 32 heavy (non-hydrogen) atoms. The van der Waals surface area contributed by atoms with Crippen LogP contribution in [0.5, 0.6) is 0 Å². The number of hydrogen-bond donors (Lipinski definition) is 0. The Kier molecular flexibility index (Phi) is 4.52. The molecule has 2 heterocycles. The number of hydrogen-bond acceptors (Lipinski definition) is 4. The number of fused-ring (bicyclic) bond motifs is 2. The summed E-state index contributed by atoms with van der Waals surface area (Å²) in [5.41, 5.74) is 0.432. The van der Waals surface area contributed by atoms with Crippen LogP contribution in [-0.2, 0) is 12.4 Å². The average Bonchev–Trinajstić information content (AvgIpc) is 3.35. The first-order valence-electron chi connectivity index (χ1n) is 9.14. The molecule has 0 spiro atoms. The Morgan fingerprint density at radius 3 is 1.91 bits per heavy atom. The molecule has 3 nitrogen and oxygen atoms in total. The summed E-state index contributed by atoms with van der Waals surface area (Å²) in [5.74, 6) is 0.157. The topological polar surface area (TPSA) is 38.9 Å². The molecular weight excluding hydrogens is 454 g/mol. The lowest BCUT2D eigenvalue weighted by atomic mass is 10.1. The van der Waals surface area contributed by atoms with Crippen LogP contribution in [0.25, 0.3) is 43.3 Å². The van der Waals surface area contributed by atoms with Gasteiger partial charge in [-0.05, 0) is 48.5 Å². The van der Waals surface area contributed by atoms with Crippen molar-refractivity contribution in [2.24, 2.45) is 0 Å². The minimum absolute atomic E-state index is 0.0190. The Morgan fingerprint density at radius 1 is 0.656 bits per heavy atom. The maximum Gasteiger partial charge on any atom is 0.416 e. The van der Waals surface area contributed by atoms with Crippen LogP contribution in [0, 0.1) is 0 Å². The van der Waals surface area contributed by atoms with Gasteiger partial charge in [-0.25, -0.2) is 9.97 Å².